The third kappa shape index (κ3) is 1.97. The monoisotopic (exact) mass is 245 g/mol. The lowest BCUT2D eigenvalue weighted by Gasteiger charge is -2.23. The van der Waals surface area contributed by atoms with Gasteiger partial charge < -0.3 is 0 Å². The van der Waals surface area contributed by atoms with Crippen molar-refractivity contribution in [2.75, 3.05) is 13.1 Å². The normalized spacial score (nSPS) is 27.6. The molecule has 2 fully saturated rings. The second kappa shape index (κ2) is 4.42. The smallest absolute Gasteiger partial charge is 0.243 e. The standard InChI is InChI=1S/C13H15N3O2/c17-12-10-7-16(6-9-4-2-1-3-5-9)8-11(10)13(18)15-14-12/h1-5,10-11H,6-8H2,(H,14,17)(H,15,18)/t10-,11+. The van der Waals surface area contributed by atoms with E-state index in [1.165, 1.54) is 5.56 Å². The maximum atomic E-state index is 11.7. The highest BCUT2D eigenvalue weighted by Gasteiger charge is 2.44. The molecule has 2 N–H and O–H groups in total. The summed E-state index contributed by atoms with van der Waals surface area (Å²) in [6.45, 7) is 2.09. The minimum absolute atomic E-state index is 0.0739. The van der Waals surface area contributed by atoms with Crippen molar-refractivity contribution in [3.8, 4) is 0 Å². The fourth-order valence-corrected chi connectivity index (χ4v) is 2.70. The van der Waals surface area contributed by atoms with Gasteiger partial charge in [-0.3, -0.25) is 25.3 Å². The molecule has 0 bridgehead atoms. The van der Waals surface area contributed by atoms with Gasteiger partial charge in [-0.2, -0.15) is 0 Å². The fourth-order valence-electron chi connectivity index (χ4n) is 2.70. The van der Waals surface area contributed by atoms with E-state index in [0.29, 0.717) is 13.1 Å². The number of benzene rings is 1. The molecule has 0 spiro atoms. The van der Waals surface area contributed by atoms with Crippen LogP contribution in [0.3, 0.4) is 0 Å². The highest BCUT2D eigenvalue weighted by Crippen LogP contribution is 2.26. The topological polar surface area (TPSA) is 61.4 Å². The van der Waals surface area contributed by atoms with Crippen molar-refractivity contribution >= 4 is 11.8 Å². The molecule has 2 saturated heterocycles. The van der Waals surface area contributed by atoms with Crippen molar-refractivity contribution in [2.45, 2.75) is 6.54 Å². The fraction of sp³-hybridized carbons (Fsp3) is 0.385. The van der Waals surface area contributed by atoms with E-state index in [0.717, 1.165) is 6.54 Å². The Morgan fingerprint density at radius 3 is 2.11 bits per heavy atom. The van der Waals surface area contributed by atoms with Gasteiger partial charge in [-0.15, -0.1) is 0 Å². The zero-order valence-electron chi connectivity index (χ0n) is 9.93. The van der Waals surface area contributed by atoms with Crippen LogP contribution in [-0.2, 0) is 16.1 Å². The molecule has 94 valence electrons. The lowest BCUT2D eigenvalue weighted by atomic mass is 9.93. The van der Waals surface area contributed by atoms with Crippen molar-refractivity contribution in [1.82, 2.24) is 15.8 Å². The molecule has 1 aromatic rings. The third-order valence-electron chi connectivity index (χ3n) is 3.63. The van der Waals surface area contributed by atoms with Gasteiger partial charge in [0, 0.05) is 19.6 Å². The first-order valence-electron chi connectivity index (χ1n) is 6.10. The quantitative estimate of drug-likeness (QED) is 0.764. The first-order chi connectivity index (χ1) is 8.74. The van der Waals surface area contributed by atoms with Crippen LogP contribution in [0, 0.1) is 11.8 Å². The maximum Gasteiger partial charge on any atom is 0.243 e. The molecular formula is C13H15N3O2. The molecule has 5 nitrogen and oxygen atoms in total. The summed E-state index contributed by atoms with van der Waals surface area (Å²) in [5, 5.41) is 0. The van der Waals surface area contributed by atoms with E-state index in [4.69, 9.17) is 0 Å². The van der Waals surface area contributed by atoms with Crippen LogP contribution in [0.5, 0.6) is 0 Å². The van der Waals surface area contributed by atoms with Crippen LogP contribution in [0.2, 0.25) is 0 Å². The molecule has 0 saturated carbocycles. The van der Waals surface area contributed by atoms with Gasteiger partial charge in [-0.1, -0.05) is 30.3 Å². The second-order valence-corrected chi connectivity index (χ2v) is 4.87. The summed E-state index contributed by atoms with van der Waals surface area (Å²) in [5.41, 5.74) is 6.05. The van der Waals surface area contributed by atoms with Gasteiger partial charge in [0.05, 0.1) is 11.8 Å². The van der Waals surface area contributed by atoms with Crippen LogP contribution in [0.4, 0.5) is 0 Å². The van der Waals surface area contributed by atoms with Crippen LogP contribution in [0.25, 0.3) is 0 Å². The van der Waals surface area contributed by atoms with Crippen LogP contribution in [-0.4, -0.2) is 29.8 Å². The zero-order chi connectivity index (χ0) is 12.5. The van der Waals surface area contributed by atoms with Crippen LogP contribution < -0.4 is 10.9 Å². The average Bonchev–Trinajstić information content (AvgIpc) is 2.80. The highest BCUT2D eigenvalue weighted by molar-refractivity contribution is 5.93. The summed E-state index contributed by atoms with van der Waals surface area (Å²) in [6.07, 6.45) is 0. The van der Waals surface area contributed by atoms with E-state index in [1.54, 1.807) is 0 Å². The number of fused-ring (bicyclic) bond motifs is 1. The number of hydrogen-bond donors (Lipinski definition) is 2. The van der Waals surface area contributed by atoms with Crippen LogP contribution >= 0.6 is 0 Å². The predicted molar refractivity (Wildman–Crippen MR) is 65.0 cm³/mol. The lowest BCUT2D eigenvalue weighted by Crippen LogP contribution is -2.55. The number of nitrogens with zero attached hydrogens (tertiary/aromatic N) is 1. The summed E-state index contributed by atoms with van der Waals surface area (Å²) < 4.78 is 0. The number of amides is 2. The average molecular weight is 245 g/mol. The summed E-state index contributed by atoms with van der Waals surface area (Å²) in [6, 6.07) is 10.1. The van der Waals surface area contributed by atoms with E-state index in [1.807, 2.05) is 18.2 Å². The molecule has 0 radical (unpaired) electrons. The Bertz CT molecular complexity index is 450. The van der Waals surface area contributed by atoms with E-state index < -0.39 is 0 Å². The Balaban J connectivity index is 1.71. The third-order valence-corrected chi connectivity index (χ3v) is 3.63. The second-order valence-electron chi connectivity index (χ2n) is 4.87. The zero-order valence-corrected chi connectivity index (χ0v) is 9.93. The summed E-state index contributed by atoms with van der Waals surface area (Å²) >= 11 is 0. The minimum Gasteiger partial charge on any atom is -0.297 e. The van der Waals surface area contributed by atoms with Crippen molar-refractivity contribution in [2.24, 2.45) is 11.8 Å². The molecule has 0 unspecified atom stereocenters. The first kappa shape index (κ1) is 11.2. The lowest BCUT2D eigenvalue weighted by molar-refractivity contribution is -0.140. The van der Waals surface area contributed by atoms with Gasteiger partial charge in [-0.05, 0) is 5.56 Å². The molecule has 1 aromatic carbocycles. The van der Waals surface area contributed by atoms with Crippen molar-refractivity contribution in [3.05, 3.63) is 35.9 Å². The molecule has 0 aliphatic carbocycles. The van der Waals surface area contributed by atoms with E-state index in [-0.39, 0.29) is 23.7 Å². The van der Waals surface area contributed by atoms with Gasteiger partial charge in [0.25, 0.3) is 0 Å². The molecule has 0 aromatic heterocycles. The van der Waals surface area contributed by atoms with Gasteiger partial charge >= 0.3 is 0 Å². The first-order valence-corrected chi connectivity index (χ1v) is 6.10. The SMILES string of the molecule is O=C1NNC(=O)[C@@H]2CN(Cc3ccccc3)C[C@H]12. The number of nitrogens with one attached hydrogen (secondary N) is 2. The van der Waals surface area contributed by atoms with Gasteiger partial charge in [-0.25, -0.2) is 0 Å². The molecule has 2 atom stereocenters. The number of hydrogen-bond acceptors (Lipinski definition) is 3. The molecule has 18 heavy (non-hydrogen) atoms. The number of likely N-dealkylation sites (tertiary alicyclic amines) is 1. The molecule has 5 heteroatoms. The van der Waals surface area contributed by atoms with Crippen molar-refractivity contribution in [1.29, 1.82) is 0 Å². The van der Waals surface area contributed by atoms with Crippen molar-refractivity contribution < 1.29 is 9.59 Å². The Hall–Kier alpha value is -1.88. The number of carbonyl (C=O) groups excluding carboxylic acids is 2. The Morgan fingerprint density at radius 1 is 1.00 bits per heavy atom. The largest absolute Gasteiger partial charge is 0.297 e. The van der Waals surface area contributed by atoms with Gasteiger partial charge in [0.1, 0.15) is 0 Å². The molecule has 2 heterocycles. The van der Waals surface area contributed by atoms with Gasteiger partial charge in [0.15, 0.2) is 0 Å². The van der Waals surface area contributed by atoms with Crippen LogP contribution in [0.15, 0.2) is 30.3 Å². The predicted octanol–water partition coefficient (Wildman–Crippen LogP) is -0.104. The van der Waals surface area contributed by atoms with E-state index >= 15 is 0 Å². The Morgan fingerprint density at radius 2 is 1.56 bits per heavy atom. The Kier molecular flexibility index (Phi) is 2.76. The molecule has 3 rings (SSSR count). The van der Waals surface area contributed by atoms with Crippen molar-refractivity contribution in [3.63, 3.8) is 0 Å². The highest BCUT2D eigenvalue weighted by atomic mass is 16.2. The summed E-state index contributed by atoms with van der Waals surface area (Å²) in [5.74, 6) is -0.560. The number of hydrazine groups is 1. The number of carbonyl (C=O) groups is 2. The minimum atomic E-state index is -0.206. The molecule has 2 amide bonds. The van der Waals surface area contributed by atoms with E-state index in [2.05, 4.69) is 27.9 Å². The summed E-state index contributed by atoms with van der Waals surface area (Å²) in [7, 11) is 0. The van der Waals surface area contributed by atoms with Crippen LogP contribution in [0.1, 0.15) is 5.56 Å². The number of rotatable bonds is 2. The Labute approximate surface area is 105 Å². The maximum absolute atomic E-state index is 11.7. The molecule has 2 aliphatic rings. The van der Waals surface area contributed by atoms with Gasteiger partial charge in [0.2, 0.25) is 11.8 Å². The molecule has 2 aliphatic heterocycles. The summed E-state index contributed by atoms with van der Waals surface area (Å²) in [4.78, 5) is 25.5. The molecular weight excluding hydrogens is 230 g/mol. The van der Waals surface area contributed by atoms with E-state index in [9.17, 15) is 9.59 Å².